The zero-order valence-corrected chi connectivity index (χ0v) is 24.3. The number of H-pyrrole nitrogens is 1. The van der Waals surface area contributed by atoms with Crippen molar-refractivity contribution in [1.29, 1.82) is 0 Å². The molecule has 0 unspecified atom stereocenters. The van der Waals surface area contributed by atoms with E-state index in [2.05, 4.69) is 20.1 Å². The first-order valence-corrected chi connectivity index (χ1v) is 13.4. The first-order chi connectivity index (χ1) is 20.6. The number of nitrogens with zero attached hydrogens (tertiary/aromatic N) is 6. The highest BCUT2D eigenvalue weighted by atomic mass is 35.5. The summed E-state index contributed by atoms with van der Waals surface area (Å²) in [6.45, 7) is -0.514. The van der Waals surface area contributed by atoms with Crippen molar-refractivity contribution in [2.24, 2.45) is 7.05 Å². The zero-order chi connectivity index (χ0) is 30.6. The van der Waals surface area contributed by atoms with Gasteiger partial charge in [0.1, 0.15) is 17.5 Å². The fourth-order valence-corrected chi connectivity index (χ4v) is 5.42. The van der Waals surface area contributed by atoms with Crippen molar-refractivity contribution in [2.75, 3.05) is 14.2 Å². The van der Waals surface area contributed by atoms with Gasteiger partial charge >= 0.3 is 5.69 Å². The van der Waals surface area contributed by atoms with E-state index in [1.807, 2.05) is 0 Å². The Bertz CT molecular complexity index is 2170. The number of hydrogen-bond acceptors (Lipinski definition) is 7. The lowest BCUT2D eigenvalue weighted by atomic mass is 10.0. The van der Waals surface area contributed by atoms with Gasteiger partial charge < -0.3 is 14.5 Å². The summed E-state index contributed by atoms with van der Waals surface area (Å²) in [5, 5.41) is 4.13. The fraction of sp³-hybridized carbons (Fsp3) is 0.179. The quantitative estimate of drug-likeness (QED) is 0.258. The van der Waals surface area contributed by atoms with E-state index in [0.717, 1.165) is 10.6 Å². The van der Waals surface area contributed by atoms with Crippen LogP contribution in [0.5, 0.6) is 11.8 Å². The molecule has 220 valence electrons. The second-order valence-corrected chi connectivity index (χ2v) is 10.5. The average Bonchev–Trinajstić information content (AvgIpc) is 3.59. The normalized spacial score (nSPS) is 11.5. The van der Waals surface area contributed by atoms with Gasteiger partial charge in [-0.05, 0) is 47.5 Å². The number of rotatable bonds is 7. The van der Waals surface area contributed by atoms with Crippen LogP contribution in [0.3, 0.4) is 0 Å². The highest BCUT2D eigenvalue weighted by Gasteiger charge is 2.22. The van der Waals surface area contributed by atoms with E-state index >= 15 is 0 Å². The van der Waals surface area contributed by atoms with Gasteiger partial charge in [0.2, 0.25) is 0 Å². The first kappa shape index (κ1) is 28.4. The van der Waals surface area contributed by atoms with Crippen molar-refractivity contribution in [2.45, 2.75) is 13.1 Å². The Balaban J connectivity index is 1.64. The number of nitrogens with one attached hydrogen (secondary N) is 1. The van der Waals surface area contributed by atoms with Gasteiger partial charge in [-0.25, -0.2) is 18.6 Å². The largest absolute Gasteiger partial charge is 0.496 e. The van der Waals surface area contributed by atoms with Crippen LogP contribution in [-0.2, 0) is 20.1 Å². The molecule has 0 bridgehead atoms. The van der Waals surface area contributed by atoms with Gasteiger partial charge in [0.15, 0.2) is 17.5 Å². The number of hydrogen-bond donors (Lipinski definition) is 1. The molecule has 0 spiro atoms. The van der Waals surface area contributed by atoms with Crippen LogP contribution in [-0.4, -0.2) is 48.1 Å². The molecule has 6 rings (SSSR count). The minimum Gasteiger partial charge on any atom is -0.496 e. The maximum Gasteiger partial charge on any atom is 0.332 e. The van der Waals surface area contributed by atoms with Crippen LogP contribution in [0.1, 0.15) is 11.4 Å². The molecule has 1 N–H and O–H groups in total. The number of ether oxygens (including phenoxy) is 2. The third kappa shape index (κ3) is 5.00. The molecule has 0 saturated heterocycles. The lowest BCUT2D eigenvalue weighted by Crippen LogP contribution is -2.41. The monoisotopic (exact) mass is 627 g/mol. The van der Waals surface area contributed by atoms with Crippen molar-refractivity contribution in [1.82, 2.24) is 33.9 Å². The first-order valence-electron chi connectivity index (χ1n) is 12.6. The zero-order valence-electron chi connectivity index (χ0n) is 22.8. The number of benzene rings is 3. The second-order valence-electron chi connectivity index (χ2n) is 9.64. The second kappa shape index (κ2) is 10.8. The minimum absolute atomic E-state index is 0.0640. The lowest BCUT2D eigenvalue weighted by molar-refractivity contribution is 0.386. The SMILES string of the molecule is COc1nc2cc(-c3cc(OC)c4c(=O)n(Cc5ncn(C)n5)c(=O)n(Cc5cc(F)c(F)c(Cl)c5)c4c3)c(Cl)cc2[nH]1. The summed E-state index contributed by atoms with van der Waals surface area (Å²) < 4.78 is 42.8. The van der Waals surface area contributed by atoms with E-state index in [1.165, 1.54) is 35.9 Å². The van der Waals surface area contributed by atoms with Gasteiger partial charge in [-0.2, -0.15) is 10.1 Å². The molecule has 0 aliphatic rings. The van der Waals surface area contributed by atoms with Crippen molar-refractivity contribution < 1.29 is 18.3 Å². The summed E-state index contributed by atoms with van der Waals surface area (Å²) in [6.07, 6.45) is 1.44. The Kier molecular flexibility index (Phi) is 7.14. The highest BCUT2D eigenvalue weighted by Crippen LogP contribution is 2.37. The molecule has 43 heavy (non-hydrogen) atoms. The van der Waals surface area contributed by atoms with Crippen LogP contribution in [0.15, 0.2) is 52.3 Å². The Morgan fingerprint density at radius 3 is 2.42 bits per heavy atom. The van der Waals surface area contributed by atoms with Crippen LogP contribution in [0.2, 0.25) is 10.0 Å². The molecule has 0 amide bonds. The predicted octanol–water partition coefficient (Wildman–Crippen LogP) is 4.53. The molecule has 3 heterocycles. The van der Waals surface area contributed by atoms with Crippen LogP contribution in [0.25, 0.3) is 33.1 Å². The number of halogens is 4. The van der Waals surface area contributed by atoms with Gasteiger partial charge in [-0.1, -0.05) is 23.2 Å². The summed E-state index contributed by atoms with van der Waals surface area (Å²) in [4.78, 5) is 39.3. The number of aromatic nitrogens is 7. The average molecular weight is 628 g/mol. The van der Waals surface area contributed by atoms with Crippen molar-refractivity contribution in [3.8, 4) is 22.9 Å². The molecule has 0 fully saturated rings. The van der Waals surface area contributed by atoms with Gasteiger partial charge in [0, 0.05) is 12.6 Å². The van der Waals surface area contributed by atoms with Crippen LogP contribution >= 0.6 is 23.2 Å². The summed E-state index contributed by atoms with van der Waals surface area (Å²) in [5.41, 5.74) is 1.15. The molecular formula is C28H21Cl2F2N7O4. The fourth-order valence-electron chi connectivity index (χ4n) is 4.91. The standard InChI is InChI=1S/C28H21Cl2F2N7O4/c1-37-12-33-23(36-37)11-39-26(40)24-21(38(28(39)41)10-13-4-17(30)25(32)18(31)5-13)6-14(7-22(24)42-2)15-8-19-20(9-16(15)29)35-27(34-19)43-3/h4-9,12H,10-11H2,1-3H3,(H,34,35). The third-order valence-electron chi connectivity index (χ3n) is 6.90. The van der Waals surface area contributed by atoms with Gasteiger partial charge in [0.25, 0.3) is 11.6 Å². The van der Waals surface area contributed by atoms with E-state index in [9.17, 15) is 18.4 Å². The molecule has 11 nitrogen and oxygen atoms in total. The Hall–Kier alpha value is -4.75. The maximum atomic E-state index is 14.3. The molecule has 0 radical (unpaired) electrons. The minimum atomic E-state index is -1.21. The van der Waals surface area contributed by atoms with Gasteiger partial charge in [0.05, 0.1) is 53.9 Å². The molecule has 6 aromatic rings. The molecular weight excluding hydrogens is 607 g/mol. The topological polar surface area (TPSA) is 122 Å². The third-order valence-corrected chi connectivity index (χ3v) is 7.48. The molecule has 3 aromatic heterocycles. The van der Waals surface area contributed by atoms with E-state index in [4.69, 9.17) is 32.7 Å². The van der Waals surface area contributed by atoms with E-state index in [1.54, 1.807) is 31.3 Å². The van der Waals surface area contributed by atoms with Crippen LogP contribution in [0.4, 0.5) is 8.78 Å². The summed E-state index contributed by atoms with van der Waals surface area (Å²) in [6, 6.07) is 9.06. The lowest BCUT2D eigenvalue weighted by Gasteiger charge is -2.17. The van der Waals surface area contributed by atoms with E-state index < -0.39 is 27.9 Å². The molecule has 0 saturated carbocycles. The van der Waals surface area contributed by atoms with Gasteiger partial charge in [-0.3, -0.25) is 18.6 Å². The maximum absolute atomic E-state index is 14.3. The number of methoxy groups -OCH3 is 2. The van der Waals surface area contributed by atoms with Crippen LogP contribution < -0.4 is 20.7 Å². The summed E-state index contributed by atoms with van der Waals surface area (Å²) in [5.74, 6) is -2.03. The summed E-state index contributed by atoms with van der Waals surface area (Å²) >= 11 is 12.6. The number of imidazole rings is 1. The number of aryl methyl sites for hydroxylation is 1. The van der Waals surface area contributed by atoms with Gasteiger partial charge in [-0.15, -0.1) is 0 Å². The molecule has 15 heteroatoms. The van der Waals surface area contributed by atoms with Crippen molar-refractivity contribution in [3.63, 3.8) is 0 Å². The highest BCUT2D eigenvalue weighted by molar-refractivity contribution is 6.34. The number of fused-ring (bicyclic) bond motifs is 2. The smallest absolute Gasteiger partial charge is 0.332 e. The predicted molar refractivity (Wildman–Crippen MR) is 156 cm³/mol. The molecule has 0 aliphatic heterocycles. The summed E-state index contributed by atoms with van der Waals surface area (Å²) in [7, 11) is 4.51. The Morgan fingerprint density at radius 2 is 1.74 bits per heavy atom. The van der Waals surface area contributed by atoms with E-state index in [-0.39, 0.29) is 41.1 Å². The van der Waals surface area contributed by atoms with Crippen molar-refractivity contribution >= 4 is 45.1 Å². The Labute approximate surface area is 250 Å². The molecule has 3 aromatic carbocycles. The number of aromatic amines is 1. The van der Waals surface area contributed by atoms with Crippen LogP contribution in [0, 0.1) is 11.6 Å². The van der Waals surface area contributed by atoms with Crippen molar-refractivity contribution in [3.05, 3.63) is 96.6 Å². The van der Waals surface area contributed by atoms with E-state index in [0.29, 0.717) is 33.2 Å². The molecule has 0 atom stereocenters. The molecule has 0 aliphatic carbocycles. The Morgan fingerprint density at radius 1 is 0.953 bits per heavy atom.